The first kappa shape index (κ1) is 6.11. The summed E-state index contributed by atoms with van der Waals surface area (Å²) in [4.78, 5) is 0. The zero-order chi connectivity index (χ0) is 6.20. The maximum atomic E-state index is 10.5. The number of hydrogen-bond acceptors (Lipinski definition) is 2. The predicted molar refractivity (Wildman–Crippen MR) is 32.6 cm³/mol. The number of allylic oxidation sites excluding steroid dienone is 1. The van der Waals surface area contributed by atoms with Gasteiger partial charge in [-0.25, -0.2) is 8.42 Å². The summed E-state index contributed by atoms with van der Waals surface area (Å²) in [6.07, 6.45) is 1.48. The molecule has 0 saturated carbocycles. The molecule has 8 heavy (non-hydrogen) atoms. The molecule has 0 bridgehead atoms. The van der Waals surface area contributed by atoms with Crippen LogP contribution < -0.4 is 0 Å². The van der Waals surface area contributed by atoms with Gasteiger partial charge in [0.25, 0.3) is 0 Å². The molecule has 0 saturated heterocycles. The van der Waals surface area contributed by atoms with Gasteiger partial charge in [-0.2, -0.15) is 0 Å². The van der Waals surface area contributed by atoms with E-state index in [1.807, 2.05) is 0 Å². The molecule has 4 heteroatoms. The van der Waals surface area contributed by atoms with Crippen molar-refractivity contribution >= 4 is 21.4 Å². The van der Waals surface area contributed by atoms with Crippen molar-refractivity contribution in [2.24, 2.45) is 0 Å². The molecule has 0 aromatic heterocycles. The third kappa shape index (κ3) is 1.23. The Balaban J connectivity index is 2.89. The summed E-state index contributed by atoms with van der Waals surface area (Å²) in [5.41, 5.74) is 0. The van der Waals surface area contributed by atoms with Crippen LogP contribution in [-0.2, 0) is 9.84 Å². The van der Waals surface area contributed by atoms with Gasteiger partial charge >= 0.3 is 0 Å². The van der Waals surface area contributed by atoms with Crippen LogP contribution in [0.2, 0.25) is 0 Å². The Morgan fingerprint density at radius 1 is 1.62 bits per heavy atom. The van der Waals surface area contributed by atoms with Crippen LogP contribution in [0.4, 0.5) is 0 Å². The van der Waals surface area contributed by atoms with Crippen molar-refractivity contribution in [3.8, 4) is 0 Å². The van der Waals surface area contributed by atoms with Crippen LogP contribution in [0.5, 0.6) is 0 Å². The fourth-order valence-corrected chi connectivity index (χ4v) is 2.32. The molecule has 2 nitrogen and oxygen atoms in total. The summed E-state index contributed by atoms with van der Waals surface area (Å²) < 4.78 is 20.9. The highest BCUT2D eigenvalue weighted by atomic mass is 35.5. The number of rotatable bonds is 0. The van der Waals surface area contributed by atoms with E-state index < -0.39 is 9.84 Å². The van der Waals surface area contributed by atoms with Crippen molar-refractivity contribution in [2.45, 2.75) is 5.38 Å². The second kappa shape index (κ2) is 1.74. The first-order valence-corrected chi connectivity index (χ1v) is 4.30. The summed E-state index contributed by atoms with van der Waals surface area (Å²) in [5, 5.41) is 0.852. The lowest BCUT2D eigenvalue weighted by atomic mass is 10.5. The second-order valence-electron chi connectivity index (χ2n) is 1.67. The second-order valence-corrected chi connectivity index (χ2v) is 4.17. The molecule has 1 aliphatic heterocycles. The number of sulfone groups is 1. The SMILES string of the molecule is O=S1(=O)C=C[C@@H](Cl)C1. The van der Waals surface area contributed by atoms with Crippen molar-refractivity contribution in [2.75, 3.05) is 5.75 Å². The van der Waals surface area contributed by atoms with Crippen molar-refractivity contribution in [3.05, 3.63) is 11.5 Å². The summed E-state index contributed by atoms with van der Waals surface area (Å²) in [5.74, 6) is 0.0640. The van der Waals surface area contributed by atoms with Crippen LogP contribution in [0.25, 0.3) is 0 Å². The van der Waals surface area contributed by atoms with Crippen LogP contribution >= 0.6 is 11.6 Å². The third-order valence-electron chi connectivity index (χ3n) is 0.886. The van der Waals surface area contributed by atoms with E-state index in [1.165, 1.54) is 6.08 Å². The van der Waals surface area contributed by atoms with E-state index in [-0.39, 0.29) is 11.1 Å². The first-order chi connectivity index (χ1) is 3.60. The fraction of sp³-hybridized carbons (Fsp3) is 0.500. The zero-order valence-electron chi connectivity index (χ0n) is 4.04. The maximum absolute atomic E-state index is 10.5. The zero-order valence-corrected chi connectivity index (χ0v) is 5.61. The molecule has 0 N–H and O–H groups in total. The molecule has 0 aliphatic carbocycles. The van der Waals surface area contributed by atoms with E-state index >= 15 is 0 Å². The van der Waals surface area contributed by atoms with Crippen molar-refractivity contribution in [1.29, 1.82) is 0 Å². The quantitative estimate of drug-likeness (QED) is 0.475. The minimum absolute atomic E-state index is 0.0640. The monoisotopic (exact) mass is 152 g/mol. The first-order valence-electron chi connectivity index (χ1n) is 2.15. The Morgan fingerprint density at radius 2 is 2.25 bits per heavy atom. The standard InChI is InChI=1S/C4H5ClO2S/c5-4-1-2-8(6,7)3-4/h1-2,4H,3H2/t4-/m1/s1. The smallest absolute Gasteiger partial charge is 0.173 e. The topological polar surface area (TPSA) is 34.1 Å². The predicted octanol–water partition coefficient (Wildman–Crippen LogP) is 0.536. The average Bonchev–Trinajstić information content (AvgIpc) is 1.82. The lowest BCUT2D eigenvalue weighted by molar-refractivity contribution is 0.606. The van der Waals surface area contributed by atoms with Gasteiger partial charge in [0.05, 0.1) is 11.1 Å². The molecule has 0 fully saturated rings. The molecule has 0 aromatic carbocycles. The Kier molecular flexibility index (Phi) is 1.33. The lowest BCUT2D eigenvalue weighted by Crippen LogP contribution is -2.03. The van der Waals surface area contributed by atoms with Crippen molar-refractivity contribution < 1.29 is 8.42 Å². The van der Waals surface area contributed by atoms with Gasteiger partial charge in [-0.05, 0) is 0 Å². The largest absolute Gasteiger partial charge is 0.224 e. The van der Waals surface area contributed by atoms with E-state index in [9.17, 15) is 8.42 Å². The van der Waals surface area contributed by atoms with E-state index in [4.69, 9.17) is 11.6 Å². The molecule has 0 unspecified atom stereocenters. The molecule has 1 rings (SSSR count). The highest BCUT2D eigenvalue weighted by Gasteiger charge is 2.18. The summed E-state index contributed by atoms with van der Waals surface area (Å²) in [7, 11) is -2.91. The van der Waals surface area contributed by atoms with Crippen LogP contribution in [-0.4, -0.2) is 19.5 Å². The van der Waals surface area contributed by atoms with Gasteiger partial charge in [0.15, 0.2) is 9.84 Å². The van der Waals surface area contributed by atoms with Gasteiger partial charge in [0.1, 0.15) is 0 Å². The van der Waals surface area contributed by atoms with E-state index in [2.05, 4.69) is 0 Å². The molecule has 1 atom stereocenters. The molecule has 46 valence electrons. The highest BCUT2D eigenvalue weighted by molar-refractivity contribution is 7.94. The van der Waals surface area contributed by atoms with E-state index in [0.29, 0.717) is 0 Å². The van der Waals surface area contributed by atoms with E-state index in [1.54, 1.807) is 0 Å². The lowest BCUT2D eigenvalue weighted by Gasteiger charge is -1.88. The van der Waals surface area contributed by atoms with Gasteiger partial charge < -0.3 is 0 Å². The molecule has 0 amide bonds. The van der Waals surface area contributed by atoms with Crippen LogP contribution in [0.3, 0.4) is 0 Å². The maximum Gasteiger partial charge on any atom is 0.173 e. The average molecular weight is 153 g/mol. The Morgan fingerprint density at radius 3 is 2.38 bits per heavy atom. The third-order valence-corrected chi connectivity index (χ3v) is 2.76. The van der Waals surface area contributed by atoms with Crippen molar-refractivity contribution in [3.63, 3.8) is 0 Å². The van der Waals surface area contributed by atoms with Gasteiger partial charge in [-0.3, -0.25) is 0 Å². The minimum atomic E-state index is -2.91. The van der Waals surface area contributed by atoms with E-state index in [0.717, 1.165) is 5.41 Å². The molecule has 1 heterocycles. The van der Waals surface area contributed by atoms with Crippen LogP contribution in [0, 0.1) is 0 Å². The molecule has 0 spiro atoms. The summed E-state index contributed by atoms with van der Waals surface area (Å²) >= 11 is 5.43. The van der Waals surface area contributed by atoms with Crippen LogP contribution in [0.15, 0.2) is 11.5 Å². The molecular formula is C4H5ClO2S. The number of alkyl halides is 1. The van der Waals surface area contributed by atoms with Crippen molar-refractivity contribution in [1.82, 2.24) is 0 Å². The van der Waals surface area contributed by atoms with Gasteiger partial charge in [-0.1, -0.05) is 6.08 Å². The molecule has 0 radical (unpaired) electrons. The normalized spacial score (nSPS) is 33.4. The Hall–Kier alpha value is -0.0200. The number of halogens is 1. The molecule has 1 aliphatic rings. The Labute approximate surface area is 53.1 Å². The van der Waals surface area contributed by atoms with Gasteiger partial charge in [-0.15, -0.1) is 11.6 Å². The number of hydrogen-bond donors (Lipinski definition) is 0. The Bertz CT molecular complexity index is 204. The highest BCUT2D eigenvalue weighted by Crippen LogP contribution is 2.12. The minimum Gasteiger partial charge on any atom is -0.224 e. The fourth-order valence-electron chi connectivity index (χ4n) is 0.538. The summed E-state index contributed by atoms with van der Waals surface area (Å²) in [6.45, 7) is 0. The molecular weight excluding hydrogens is 148 g/mol. The summed E-state index contributed by atoms with van der Waals surface area (Å²) in [6, 6.07) is 0. The van der Waals surface area contributed by atoms with Crippen LogP contribution in [0.1, 0.15) is 0 Å². The molecule has 0 aromatic rings. The van der Waals surface area contributed by atoms with Gasteiger partial charge in [0, 0.05) is 5.41 Å². The van der Waals surface area contributed by atoms with Gasteiger partial charge in [0.2, 0.25) is 0 Å².